The highest BCUT2D eigenvalue weighted by Crippen LogP contribution is 2.39. The van der Waals surface area contributed by atoms with E-state index in [9.17, 15) is 9.59 Å². The second-order valence-electron chi connectivity index (χ2n) is 6.93. The molecule has 0 radical (unpaired) electrons. The highest BCUT2D eigenvalue weighted by atomic mass is 79.9. The molecule has 0 aliphatic carbocycles. The number of ether oxygens (including phenoxy) is 3. The van der Waals surface area contributed by atoms with Gasteiger partial charge in [-0.15, -0.1) is 0 Å². The number of carbonyl (C=O) groups is 2. The fraction of sp³-hybridized carbons (Fsp3) is 0.292. The summed E-state index contributed by atoms with van der Waals surface area (Å²) < 4.78 is 17.9. The molecule has 1 aliphatic rings. The third-order valence-electron chi connectivity index (χ3n) is 4.57. The third kappa shape index (κ3) is 6.82. The van der Waals surface area contributed by atoms with Crippen molar-refractivity contribution in [3.05, 3.63) is 63.0 Å². The largest absolute Gasteiger partial charge is 0.490 e. The molecule has 1 heterocycles. The number of esters is 1. The Morgan fingerprint density at radius 2 is 1.91 bits per heavy atom. The lowest BCUT2D eigenvalue weighted by molar-refractivity contribution is -0.143. The number of thioether (sulfide) groups is 1. The molecular weight excluding hydrogens is 526 g/mol. The van der Waals surface area contributed by atoms with Crippen LogP contribution in [0, 0.1) is 0 Å². The smallest absolute Gasteiger partial charge is 0.307 e. The van der Waals surface area contributed by atoms with Gasteiger partial charge in [0, 0.05) is 6.54 Å². The van der Waals surface area contributed by atoms with Crippen LogP contribution in [0.25, 0.3) is 6.08 Å². The van der Waals surface area contributed by atoms with Crippen LogP contribution in [0.3, 0.4) is 0 Å². The van der Waals surface area contributed by atoms with E-state index in [4.69, 9.17) is 26.4 Å². The van der Waals surface area contributed by atoms with Crippen LogP contribution in [0.2, 0.25) is 0 Å². The van der Waals surface area contributed by atoms with Crippen molar-refractivity contribution in [1.29, 1.82) is 0 Å². The topological polar surface area (TPSA) is 65.1 Å². The van der Waals surface area contributed by atoms with Gasteiger partial charge in [0.25, 0.3) is 5.91 Å². The molecule has 2 aromatic rings. The molecule has 1 saturated heterocycles. The van der Waals surface area contributed by atoms with Gasteiger partial charge in [-0.05, 0) is 59.1 Å². The van der Waals surface area contributed by atoms with Crippen LogP contribution >= 0.6 is 39.9 Å². The Hall–Kier alpha value is -2.36. The highest BCUT2D eigenvalue weighted by molar-refractivity contribution is 9.10. The van der Waals surface area contributed by atoms with Gasteiger partial charge < -0.3 is 14.2 Å². The quantitative estimate of drug-likeness (QED) is 0.217. The van der Waals surface area contributed by atoms with E-state index in [0.29, 0.717) is 45.0 Å². The van der Waals surface area contributed by atoms with E-state index < -0.39 is 0 Å². The summed E-state index contributed by atoms with van der Waals surface area (Å²) in [5, 5.41) is 0. The Balaban J connectivity index is 1.77. The van der Waals surface area contributed by atoms with E-state index in [1.807, 2.05) is 49.4 Å². The third-order valence-corrected chi connectivity index (χ3v) is 6.54. The molecule has 1 fully saturated rings. The van der Waals surface area contributed by atoms with E-state index >= 15 is 0 Å². The molecular formula is C24H24BrNO5S2. The second kappa shape index (κ2) is 12.2. The van der Waals surface area contributed by atoms with Crippen molar-refractivity contribution in [2.45, 2.75) is 26.9 Å². The number of hydrogen-bond donors (Lipinski definition) is 0. The summed E-state index contributed by atoms with van der Waals surface area (Å²) in [4.78, 5) is 26.4. The molecule has 2 aromatic carbocycles. The molecule has 33 heavy (non-hydrogen) atoms. The monoisotopic (exact) mass is 549 g/mol. The standard InChI is InChI=1S/C24H24BrNO5S2/c1-3-29-19-13-17(12-18(25)22(19)31-15-16-8-6-5-7-9-16)14-20-23(28)26(24(32)33-20)11-10-21(27)30-4-2/h5-9,12-14H,3-4,10-11,15H2,1-2H3/b20-14-. The molecule has 1 aliphatic heterocycles. The summed E-state index contributed by atoms with van der Waals surface area (Å²) in [6, 6.07) is 13.6. The predicted octanol–water partition coefficient (Wildman–Crippen LogP) is 5.58. The first-order valence-electron chi connectivity index (χ1n) is 10.5. The number of halogens is 1. The Morgan fingerprint density at radius 1 is 1.15 bits per heavy atom. The van der Waals surface area contributed by atoms with Crippen LogP contribution in [0.4, 0.5) is 0 Å². The molecule has 0 spiro atoms. The average Bonchev–Trinajstić information content (AvgIpc) is 3.05. The summed E-state index contributed by atoms with van der Waals surface area (Å²) in [7, 11) is 0. The van der Waals surface area contributed by atoms with Gasteiger partial charge in [-0.25, -0.2) is 0 Å². The average molecular weight is 550 g/mol. The zero-order valence-corrected chi connectivity index (χ0v) is 21.6. The number of rotatable bonds is 10. The Morgan fingerprint density at radius 3 is 2.61 bits per heavy atom. The lowest BCUT2D eigenvalue weighted by atomic mass is 10.1. The van der Waals surface area contributed by atoms with Crippen molar-refractivity contribution in [3.63, 3.8) is 0 Å². The van der Waals surface area contributed by atoms with Gasteiger partial charge in [0.1, 0.15) is 10.9 Å². The molecule has 9 heteroatoms. The Bertz CT molecular complexity index is 1060. The van der Waals surface area contributed by atoms with E-state index in [1.54, 1.807) is 13.0 Å². The summed E-state index contributed by atoms with van der Waals surface area (Å²) in [6.07, 6.45) is 1.86. The molecule has 1 amide bonds. The summed E-state index contributed by atoms with van der Waals surface area (Å²) >= 11 is 10.1. The summed E-state index contributed by atoms with van der Waals surface area (Å²) in [5.74, 6) is 0.589. The first-order chi connectivity index (χ1) is 15.9. The maximum Gasteiger partial charge on any atom is 0.307 e. The van der Waals surface area contributed by atoms with Gasteiger partial charge in [-0.3, -0.25) is 14.5 Å². The van der Waals surface area contributed by atoms with Gasteiger partial charge in [-0.1, -0.05) is 54.3 Å². The molecule has 6 nitrogen and oxygen atoms in total. The maximum atomic E-state index is 12.8. The van der Waals surface area contributed by atoms with Crippen molar-refractivity contribution >= 4 is 62.2 Å². The number of hydrogen-bond acceptors (Lipinski definition) is 7. The van der Waals surface area contributed by atoms with E-state index in [1.165, 1.54) is 16.7 Å². The molecule has 0 aromatic heterocycles. The lowest BCUT2D eigenvalue weighted by Gasteiger charge is -2.15. The van der Waals surface area contributed by atoms with Crippen LogP contribution in [0.5, 0.6) is 11.5 Å². The maximum absolute atomic E-state index is 12.8. The van der Waals surface area contributed by atoms with Crippen LogP contribution < -0.4 is 9.47 Å². The van der Waals surface area contributed by atoms with Gasteiger partial charge in [0.15, 0.2) is 11.5 Å². The minimum absolute atomic E-state index is 0.0983. The van der Waals surface area contributed by atoms with Gasteiger partial charge in [0.05, 0.1) is 29.0 Å². The number of amides is 1. The van der Waals surface area contributed by atoms with Gasteiger partial charge in [-0.2, -0.15) is 0 Å². The molecule has 0 bridgehead atoms. The number of carbonyl (C=O) groups excluding carboxylic acids is 2. The fourth-order valence-electron chi connectivity index (χ4n) is 3.08. The fourth-order valence-corrected chi connectivity index (χ4v) is 4.97. The van der Waals surface area contributed by atoms with Crippen molar-refractivity contribution in [1.82, 2.24) is 4.90 Å². The molecule has 0 atom stereocenters. The van der Waals surface area contributed by atoms with Crippen LogP contribution in [0.1, 0.15) is 31.4 Å². The van der Waals surface area contributed by atoms with E-state index in [0.717, 1.165) is 11.1 Å². The zero-order chi connectivity index (χ0) is 23.8. The Kier molecular flexibility index (Phi) is 9.34. The number of benzene rings is 2. The minimum atomic E-state index is -0.355. The SMILES string of the molecule is CCOC(=O)CCN1C(=O)/C(=C/c2cc(Br)c(OCc3ccccc3)c(OCC)c2)SC1=S. The summed E-state index contributed by atoms with van der Waals surface area (Å²) in [5.41, 5.74) is 1.81. The van der Waals surface area contributed by atoms with Gasteiger partial charge >= 0.3 is 5.97 Å². The molecule has 174 valence electrons. The second-order valence-corrected chi connectivity index (χ2v) is 9.46. The van der Waals surface area contributed by atoms with Gasteiger partial charge in [0.2, 0.25) is 0 Å². The van der Waals surface area contributed by atoms with E-state index in [2.05, 4.69) is 15.9 Å². The molecule has 0 unspecified atom stereocenters. The van der Waals surface area contributed by atoms with Crippen LogP contribution in [-0.4, -0.2) is 40.9 Å². The number of nitrogens with zero attached hydrogens (tertiary/aromatic N) is 1. The lowest BCUT2D eigenvalue weighted by Crippen LogP contribution is -2.30. The number of thiocarbonyl (C=S) groups is 1. The minimum Gasteiger partial charge on any atom is -0.490 e. The van der Waals surface area contributed by atoms with E-state index in [-0.39, 0.29) is 24.8 Å². The zero-order valence-electron chi connectivity index (χ0n) is 18.3. The highest BCUT2D eigenvalue weighted by Gasteiger charge is 2.32. The molecule has 3 rings (SSSR count). The van der Waals surface area contributed by atoms with Crippen LogP contribution in [0.15, 0.2) is 51.8 Å². The first kappa shape index (κ1) is 25.3. The van der Waals surface area contributed by atoms with Crippen molar-refractivity contribution in [3.8, 4) is 11.5 Å². The first-order valence-corrected chi connectivity index (χ1v) is 12.5. The van der Waals surface area contributed by atoms with Crippen molar-refractivity contribution in [2.24, 2.45) is 0 Å². The van der Waals surface area contributed by atoms with Crippen molar-refractivity contribution < 1.29 is 23.8 Å². The van der Waals surface area contributed by atoms with Crippen molar-refractivity contribution in [2.75, 3.05) is 19.8 Å². The normalized spacial score (nSPS) is 14.6. The molecule has 0 saturated carbocycles. The predicted molar refractivity (Wildman–Crippen MR) is 137 cm³/mol. The molecule has 0 N–H and O–H groups in total. The van der Waals surface area contributed by atoms with Crippen LogP contribution in [-0.2, 0) is 20.9 Å². The summed E-state index contributed by atoms with van der Waals surface area (Å²) in [6.45, 7) is 5.01. The Labute approximate surface area is 211 Å².